The zero-order valence-corrected chi connectivity index (χ0v) is 21.4. The molecule has 4 aromatic rings. The van der Waals surface area contributed by atoms with Gasteiger partial charge < -0.3 is 4.74 Å². The summed E-state index contributed by atoms with van der Waals surface area (Å²) in [4.78, 5) is 27.7. The van der Waals surface area contributed by atoms with Gasteiger partial charge >= 0.3 is 0 Å². The monoisotopic (exact) mass is 532 g/mol. The molecule has 1 saturated heterocycles. The summed E-state index contributed by atoms with van der Waals surface area (Å²) in [6, 6.07) is 22.7. The third-order valence-electron chi connectivity index (χ3n) is 6.46. The van der Waals surface area contributed by atoms with E-state index in [9.17, 15) is 22.4 Å². The second-order valence-electron chi connectivity index (χ2n) is 8.90. The predicted octanol–water partition coefficient (Wildman–Crippen LogP) is 4.90. The maximum atomic E-state index is 14.0. The summed E-state index contributed by atoms with van der Waals surface area (Å²) in [6.45, 7) is 2.10. The molecule has 0 radical (unpaired) electrons. The molecule has 4 aromatic carbocycles. The molecule has 0 aliphatic carbocycles. The normalized spacial score (nSPS) is 16.0. The Balaban J connectivity index is 1.54. The first-order valence-corrected chi connectivity index (χ1v) is 13.6. The van der Waals surface area contributed by atoms with E-state index in [1.807, 2.05) is 25.1 Å². The Morgan fingerprint density at radius 3 is 2.29 bits per heavy atom. The van der Waals surface area contributed by atoms with Crippen LogP contribution in [0.25, 0.3) is 10.8 Å². The van der Waals surface area contributed by atoms with Crippen molar-refractivity contribution in [2.75, 3.05) is 11.5 Å². The number of hydrogen-bond donors (Lipinski definition) is 0. The quantitative estimate of drug-likeness (QED) is 0.302. The Labute approximate surface area is 220 Å². The van der Waals surface area contributed by atoms with Crippen molar-refractivity contribution in [3.63, 3.8) is 0 Å². The Morgan fingerprint density at radius 2 is 1.61 bits per heavy atom. The first-order valence-electron chi connectivity index (χ1n) is 12.1. The summed E-state index contributed by atoms with van der Waals surface area (Å²) in [7, 11) is -4.24. The molecule has 2 amide bonds. The number of fused-ring (bicyclic) bond motifs is 1. The van der Waals surface area contributed by atoms with E-state index in [-0.39, 0.29) is 17.9 Å². The fraction of sp³-hybridized carbons (Fsp3) is 0.172. The van der Waals surface area contributed by atoms with Gasteiger partial charge in [0, 0.05) is 6.54 Å². The number of hydrogen-bond acceptors (Lipinski definition) is 5. The van der Waals surface area contributed by atoms with E-state index in [0.717, 1.165) is 20.0 Å². The average Bonchev–Trinajstić information content (AvgIpc) is 3.21. The van der Waals surface area contributed by atoms with Gasteiger partial charge in [-0.15, -0.1) is 0 Å². The molecule has 38 heavy (non-hydrogen) atoms. The van der Waals surface area contributed by atoms with Gasteiger partial charge in [0.25, 0.3) is 5.91 Å². The minimum absolute atomic E-state index is 0.00178. The molecule has 1 aliphatic heterocycles. The lowest BCUT2D eigenvalue weighted by Gasteiger charge is -2.27. The molecule has 1 fully saturated rings. The molecule has 5 rings (SSSR count). The topological polar surface area (TPSA) is 84.0 Å². The number of nitrogens with zero attached hydrogens (tertiary/aromatic N) is 2. The van der Waals surface area contributed by atoms with Crippen molar-refractivity contribution in [3.8, 4) is 5.75 Å². The summed E-state index contributed by atoms with van der Waals surface area (Å²) in [5.41, 5.74) is 0.811. The molecule has 0 N–H and O–H groups in total. The van der Waals surface area contributed by atoms with Crippen LogP contribution in [0, 0.1) is 5.82 Å². The molecule has 194 valence electrons. The number of imide groups is 1. The molecule has 1 atom stereocenters. The third kappa shape index (κ3) is 4.90. The van der Waals surface area contributed by atoms with Crippen molar-refractivity contribution in [2.24, 2.45) is 0 Å². The van der Waals surface area contributed by atoms with Crippen LogP contribution in [0.1, 0.15) is 18.9 Å². The first-order chi connectivity index (χ1) is 18.3. The van der Waals surface area contributed by atoms with Crippen LogP contribution in [0.3, 0.4) is 0 Å². The van der Waals surface area contributed by atoms with Gasteiger partial charge in [0.2, 0.25) is 15.9 Å². The zero-order valence-electron chi connectivity index (χ0n) is 20.6. The van der Waals surface area contributed by atoms with Gasteiger partial charge in [-0.3, -0.25) is 9.59 Å². The van der Waals surface area contributed by atoms with Gasteiger partial charge in [-0.1, -0.05) is 42.5 Å². The fourth-order valence-corrected chi connectivity index (χ4v) is 6.17. The van der Waals surface area contributed by atoms with Crippen molar-refractivity contribution >= 4 is 38.3 Å². The highest BCUT2D eigenvalue weighted by Crippen LogP contribution is 2.32. The molecule has 9 heteroatoms. The maximum absolute atomic E-state index is 14.0. The zero-order chi connectivity index (χ0) is 26.9. The lowest BCUT2D eigenvalue weighted by Crippen LogP contribution is -2.45. The molecule has 1 unspecified atom stereocenters. The molecular formula is C29H25FN2O5S. The van der Waals surface area contributed by atoms with Crippen LogP contribution in [0.4, 0.5) is 10.1 Å². The second-order valence-corrected chi connectivity index (χ2v) is 10.8. The number of rotatable bonds is 8. The third-order valence-corrected chi connectivity index (χ3v) is 8.31. The van der Waals surface area contributed by atoms with Crippen LogP contribution in [0.2, 0.25) is 0 Å². The molecule has 0 aromatic heterocycles. The first kappa shape index (κ1) is 25.6. The molecule has 0 bridgehead atoms. The van der Waals surface area contributed by atoms with Gasteiger partial charge in [0.1, 0.15) is 17.6 Å². The van der Waals surface area contributed by atoms with Crippen molar-refractivity contribution in [3.05, 3.63) is 102 Å². The number of benzene rings is 4. The number of amides is 2. The van der Waals surface area contributed by atoms with E-state index in [1.54, 1.807) is 42.5 Å². The van der Waals surface area contributed by atoms with Crippen molar-refractivity contribution < 1.29 is 27.1 Å². The number of carbonyl (C=O) groups excluding carboxylic acids is 2. The number of anilines is 1. The summed E-state index contributed by atoms with van der Waals surface area (Å²) in [5.74, 6) is -1.04. The molecule has 0 spiro atoms. The average molecular weight is 533 g/mol. The van der Waals surface area contributed by atoms with E-state index in [2.05, 4.69) is 0 Å². The Hall–Kier alpha value is -4.08. The highest BCUT2D eigenvalue weighted by molar-refractivity contribution is 7.89. The van der Waals surface area contributed by atoms with Crippen molar-refractivity contribution in [1.29, 1.82) is 0 Å². The Kier molecular flexibility index (Phi) is 6.96. The van der Waals surface area contributed by atoms with Gasteiger partial charge in [0.05, 0.1) is 23.6 Å². The Morgan fingerprint density at radius 1 is 0.921 bits per heavy atom. The van der Waals surface area contributed by atoms with Crippen molar-refractivity contribution in [2.45, 2.75) is 30.8 Å². The van der Waals surface area contributed by atoms with Crippen LogP contribution in [0.15, 0.2) is 95.9 Å². The van der Waals surface area contributed by atoms with Crippen LogP contribution < -0.4 is 9.64 Å². The summed E-state index contributed by atoms with van der Waals surface area (Å²) in [6.07, 6.45) is -0.319. The van der Waals surface area contributed by atoms with Crippen LogP contribution >= 0.6 is 0 Å². The van der Waals surface area contributed by atoms with Crippen LogP contribution in [-0.4, -0.2) is 37.2 Å². The number of sulfonamides is 1. The summed E-state index contributed by atoms with van der Waals surface area (Å²) >= 11 is 0. The van der Waals surface area contributed by atoms with E-state index in [1.165, 1.54) is 30.3 Å². The van der Waals surface area contributed by atoms with Gasteiger partial charge in [-0.05, 0) is 71.8 Å². The number of halogens is 1. The molecule has 1 aliphatic rings. The van der Waals surface area contributed by atoms with Crippen LogP contribution in [0.5, 0.6) is 5.75 Å². The van der Waals surface area contributed by atoms with E-state index in [0.29, 0.717) is 23.6 Å². The molecule has 1 heterocycles. The minimum atomic E-state index is -4.24. The lowest BCUT2D eigenvalue weighted by molar-refractivity contribution is -0.122. The maximum Gasteiger partial charge on any atom is 0.252 e. The number of carbonyl (C=O) groups is 2. The predicted molar refractivity (Wildman–Crippen MR) is 142 cm³/mol. The summed E-state index contributed by atoms with van der Waals surface area (Å²) < 4.78 is 48.0. The molecular weight excluding hydrogens is 507 g/mol. The van der Waals surface area contributed by atoms with Crippen LogP contribution in [-0.2, 0) is 26.2 Å². The minimum Gasteiger partial charge on any atom is -0.494 e. The van der Waals surface area contributed by atoms with E-state index in [4.69, 9.17) is 4.74 Å². The summed E-state index contributed by atoms with van der Waals surface area (Å²) in [5, 5.41) is 1.59. The standard InChI is InChI=1S/C29H25FN2O5S/c1-2-37-25-14-12-24(13-15-25)32-28(33)18-27(29(32)34)31(19-20-7-10-23(30)11-8-20)38(35,36)26-16-9-21-5-3-4-6-22(21)17-26/h3-17,27H,2,18-19H2,1H3. The highest BCUT2D eigenvalue weighted by Gasteiger charge is 2.47. The lowest BCUT2D eigenvalue weighted by atomic mass is 10.1. The fourth-order valence-electron chi connectivity index (χ4n) is 4.57. The molecule has 0 saturated carbocycles. The van der Waals surface area contributed by atoms with Gasteiger partial charge in [0.15, 0.2) is 0 Å². The second kappa shape index (κ2) is 10.4. The van der Waals surface area contributed by atoms with Gasteiger partial charge in [-0.25, -0.2) is 17.7 Å². The SMILES string of the molecule is CCOc1ccc(N2C(=O)CC(N(Cc3ccc(F)cc3)S(=O)(=O)c3ccc4ccccc4c3)C2=O)cc1. The van der Waals surface area contributed by atoms with E-state index >= 15 is 0 Å². The van der Waals surface area contributed by atoms with Gasteiger partial charge in [-0.2, -0.15) is 4.31 Å². The smallest absolute Gasteiger partial charge is 0.252 e. The number of ether oxygens (including phenoxy) is 1. The Bertz CT molecular complexity index is 1600. The largest absolute Gasteiger partial charge is 0.494 e. The van der Waals surface area contributed by atoms with Crippen molar-refractivity contribution in [1.82, 2.24) is 4.31 Å². The highest BCUT2D eigenvalue weighted by atomic mass is 32.2. The van der Waals surface area contributed by atoms with E-state index < -0.39 is 33.7 Å². The molecule has 7 nitrogen and oxygen atoms in total.